The number of carbonyl (C=O) groups excluding carboxylic acids is 1. The molecule has 1 saturated heterocycles. The third-order valence-electron chi connectivity index (χ3n) is 4.84. The van der Waals surface area contributed by atoms with Crippen molar-refractivity contribution in [1.29, 1.82) is 0 Å². The molecule has 0 bridgehead atoms. The fourth-order valence-corrected chi connectivity index (χ4v) is 3.35. The lowest BCUT2D eigenvalue weighted by molar-refractivity contribution is -0.131. The number of carbonyl (C=O) groups is 1. The lowest BCUT2D eigenvalue weighted by atomic mass is 9.81. The predicted molar refractivity (Wildman–Crippen MR) is 89.5 cm³/mol. The lowest BCUT2D eigenvalue weighted by Crippen LogP contribution is -2.46. The van der Waals surface area contributed by atoms with E-state index in [1.807, 2.05) is 0 Å². The molecule has 2 atom stereocenters. The minimum Gasteiger partial charge on any atom is -0.353 e. The molecule has 1 aliphatic heterocycles. The molecule has 0 aromatic heterocycles. The van der Waals surface area contributed by atoms with Gasteiger partial charge in [-0.15, -0.1) is 0 Å². The topological polar surface area (TPSA) is 44.4 Å². The quantitative estimate of drug-likeness (QED) is 0.651. The molecule has 124 valence electrons. The van der Waals surface area contributed by atoms with E-state index in [2.05, 4.69) is 43.2 Å². The maximum Gasteiger partial charge on any atom is 0.227 e. The summed E-state index contributed by atoms with van der Waals surface area (Å²) in [5.41, 5.74) is -0.151. The minimum absolute atomic E-state index is 0.151. The van der Waals surface area contributed by atoms with Gasteiger partial charge in [0.1, 0.15) is 0 Å². The average Bonchev–Trinajstić information content (AvgIpc) is 2.94. The zero-order valence-corrected chi connectivity index (χ0v) is 14.5. The number of hydrogen-bond acceptors (Lipinski definition) is 3. The van der Waals surface area contributed by atoms with Gasteiger partial charge in [0, 0.05) is 12.6 Å². The second-order valence-electron chi connectivity index (χ2n) is 6.50. The normalized spacial score (nSPS) is 23.5. The van der Waals surface area contributed by atoms with Crippen molar-refractivity contribution in [1.82, 2.24) is 15.5 Å². The smallest absolute Gasteiger partial charge is 0.227 e. The van der Waals surface area contributed by atoms with Crippen LogP contribution in [0.2, 0.25) is 0 Å². The van der Waals surface area contributed by atoms with Crippen LogP contribution in [-0.2, 0) is 4.79 Å². The van der Waals surface area contributed by atoms with E-state index in [-0.39, 0.29) is 17.4 Å². The van der Waals surface area contributed by atoms with Crippen LogP contribution in [0, 0.1) is 5.41 Å². The third-order valence-corrected chi connectivity index (χ3v) is 4.84. The summed E-state index contributed by atoms with van der Waals surface area (Å²) in [5.74, 6) is 0.268. The Morgan fingerprint density at radius 2 is 2.05 bits per heavy atom. The Labute approximate surface area is 131 Å². The van der Waals surface area contributed by atoms with Crippen LogP contribution in [-0.4, -0.2) is 49.6 Å². The third kappa shape index (κ3) is 5.59. The van der Waals surface area contributed by atoms with Crippen LogP contribution in [0.4, 0.5) is 0 Å². The standard InChI is InChI=1S/C17H35N3O/c1-5-10-17(11-12-18-14-17)16(21)19-15(4)9-8-13-20(6-2)7-3/h15,18H,5-14H2,1-4H3,(H,19,21). The zero-order chi connectivity index (χ0) is 15.7. The molecule has 1 heterocycles. The molecule has 2 unspecified atom stereocenters. The Morgan fingerprint density at radius 1 is 1.33 bits per heavy atom. The van der Waals surface area contributed by atoms with Crippen molar-refractivity contribution >= 4 is 5.91 Å². The Hall–Kier alpha value is -0.610. The highest BCUT2D eigenvalue weighted by molar-refractivity contribution is 5.83. The molecule has 1 rings (SSSR count). The molecule has 1 amide bonds. The summed E-state index contributed by atoms with van der Waals surface area (Å²) in [4.78, 5) is 15.1. The molecule has 4 heteroatoms. The number of hydrogen-bond donors (Lipinski definition) is 2. The van der Waals surface area contributed by atoms with E-state index in [0.717, 1.165) is 64.8 Å². The molecule has 0 aliphatic carbocycles. The molecule has 2 N–H and O–H groups in total. The highest BCUT2D eigenvalue weighted by atomic mass is 16.2. The number of amides is 1. The highest BCUT2D eigenvalue weighted by Gasteiger charge is 2.40. The Balaban J connectivity index is 2.35. The largest absolute Gasteiger partial charge is 0.353 e. The molecule has 0 aromatic rings. The molecule has 1 aliphatic rings. The second kappa shape index (κ2) is 9.42. The minimum atomic E-state index is -0.151. The van der Waals surface area contributed by atoms with Gasteiger partial charge < -0.3 is 15.5 Å². The van der Waals surface area contributed by atoms with Crippen LogP contribution in [0.25, 0.3) is 0 Å². The SMILES string of the molecule is CCCC1(C(=O)NC(C)CCCN(CC)CC)CCNC1. The van der Waals surface area contributed by atoms with Crippen LogP contribution >= 0.6 is 0 Å². The highest BCUT2D eigenvalue weighted by Crippen LogP contribution is 2.31. The van der Waals surface area contributed by atoms with Gasteiger partial charge in [0.05, 0.1) is 5.41 Å². The van der Waals surface area contributed by atoms with Gasteiger partial charge >= 0.3 is 0 Å². The van der Waals surface area contributed by atoms with Gasteiger partial charge in [-0.2, -0.15) is 0 Å². The van der Waals surface area contributed by atoms with Gasteiger partial charge in [-0.1, -0.05) is 27.2 Å². The van der Waals surface area contributed by atoms with E-state index in [4.69, 9.17) is 0 Å². The van der Waals surface area contributed by atoms with Gasteiger partial charge in [0.2, 0.25) is 5.91 Å². The van der Waals surface area contributed by atoms with Crippen molar-refractivity contribution in [3.8, 4) is 0 Å². The molecule has 0 saturated carbocycles. The fraction of sp³-hybridized carbons (Fsp3) is 0.941. The first-order valence-corrected chi connectivity index (χ1v) is 8.82. The average molecular weight is 297 g/mol. The molecule has 1 fully saturated rings. The van der Waals surface area contributed by atoms with Gasteiger partial charge in [0.25, 0.3) is 0 Å². The molecular weight excluding hydrogens is 262 g/mol. The van der Waals surface area contributed by atoms with Crippen molar-refractivity contribution < 1.29 is 4.79 Å². The van der Waals surface area contributed by atoms with Crippen LogP contribution in [0.5, 0.6) is 0 Å². The first-order valence-electron chi connectivity index (χ1n) is 8.82. The number of nitrogens with one attached hydrogen (secondary N) is 2. The van der Waals surface area contributed by atoms with Gasteiger partial charge in [-0.05, 0) is 58.8 Å². The maximum absolute atomic E-state index is 12.6. The fourth-order valence-electron chi connectivity index (χ4n) is 3.35. The summed E-state index contributed by atoms with van der Waals surface area (Å²) in [5, 5.41) is 6.62. The molecule has 0 aromatic carbocycles. The van der Waals surface area contributed by atoms with E-state index in [1.54, 1.807) is 0 Å². The molecule has 0 spiro atoms. The van der Waals surface area contributed by atoms with E-state index >= 15 is 0 Å². The van der Waals surface area contributed by atoms with E-state index < -0.39 is 0 Å². The maximum atomic E-state index is 12.6. The Bertz CT molecular complexity index is 296. The van der Waals surface area contributed by atoms with Crippen LogP contribution in [0.15, 0.2) is 0 Å². The molecule has 0 radical (unpaired) electrons. The van der Waals surface area contributed by atoms with Crippen molar-refractivity contribution in [2.45, 2.75) is 65.8 Å². The van der Waals surface area contributed by atoms with Crippen LogP contribution in [0.1, 0.15) is 59.8 Å². The van der Waals surface area contributed by atoms with Crippen LogP contribution in [0.3, 0.4) is 0 Å². The van der Waals surface area contributed by atoms with Gasteiger partial charge in [-0.25, -0.2) is 0 Å². The Kier molecular flexibility index (Phi) is 8.27. The molecule has 4 nitrogen and oxygen atoms in total. The second-order valence-corrected chi connectivity index (χ2v) is 6.50. The van der Waals surface area contributed by atoms with E-state index in [1.165, 1.54) is 0 Å². The van der Waals surface area contributed by atoms with E-state index in [0.29, 0.717) is 0 Å². The zero-order valence-electron chi connectivity index (χ0n) is 14.5. The van der Waals surface area contributed by atoms with Crippen molar-refractivity contribution in [3.63, 3.8) is 0 Å². The van der Waals surface area contributed by atoms with Crippen molar-refractivity contribution in [2.75, 3.05) is 32.7 Å². The van der Waals surface area contributed by atoms with Gasteiger partial charge in [-0.3, -0.25) is 4.79 Å². The molecule has 21 heavy (non-hydrogen) atoms. The monoisotopic (exact) mass is 297 g/mol. The first kappa shape index (κ1) is 18.4. The molecular formula is C17H35N3O. The summed E-state index contributed by atoms with van der Waals surface area (Å²) >= 11 is 0. The lowest BCUT2D eigenvalue weighted by Gasteiger charge is -2.28. The van der Waals surface area contributed by atoms with E-state index in [9.17, 15) is 4.79 Å². The summed E-state index contributed by atoms with van der Waals surface area (Å²) in [6.07, 6.45) is 5.28. The summed E-state index contributed by atoms with van der Waals surface area (Å²) < 4.78 is 0. The number of nitrogens with zero attached hydrogens (tertiary/aromatic N) is 1. The van der Waals surface area contributed by atoms with Crippen molar-refractivity contribution in [2.24, 2.45) is 5.41 Å². The number of rotatable bonds is 10. The van der Waals surface area contributed by atoms with Gasteiger partial charge in [0.15, 0.2) is 0 Å². The van der Waals surface area contributed by atoms with Crippen LogP contribution < -0.4 is 10.6 Å². The first-order chi connectivity index (χ1) is 10.1. The van der Waals surface area contributed by atoms with Crippen molar-refractivity contribution in [3.05, 3.63) is 0 Å². The summed E-state index contributed by atoms with van der Waals surface area (Å²) in [6, 6.07) is 0.280. The Morgan fingerprint density at radius 3 is 2.57 bits per heavy atom. The predicted octanol–water partition coefficient (Wildman–Crippen LogP) is 2.39. The summed E-state index contributed by atoms with van der Waals surface area (Å²) in [7, 11) is 0. The summed E-state index contributed by atoms with van der Waals surface area (Å²) in [6.45, 7) is 13.9.